The van der Waals surface area contributed by atoms with Gasteiger partial charge >= 0.3 is 0 Å². The monoisotopic (exact) mass is 302 g/mol. The van der Waals surface area contributed by atoms with Crippen LogP contribution in [0.4, 0.5) is 0 Å². The molecule has 0 saturated carbocycles. The molecule has 0 fully saturated rings. The number of phenolic OH excluding ortho intramolecular Hbond substituents is 2. The Bertz CT molecular complexity index is 693. The molecule has 22 heavy (non-hydrogen) atoms. The van der Waals surface area contributed by atoms with Crippen LogP contribution in [0.1, 0.15) is 41.0 Å². The first-order chi connectivity index (χ1) is 10.4. The molecule has 1 aromatic rings. The van der Waals surface area contributed by atoms with Crippen molar-refractivity contribution in [1.82, 2.24) is 0 Å². The molecule has 1 aliphatic rings. The molecule has 0 aromatic heterocycles. The number of Topliss-reactive ketones (excluding diaryl/α,β-unsaturated/α-hetero) is 1. The number of phenols is 2. The molecule has 0 heterocycles. The van der Waals surface area contributed by atoms with Gasteiger partial charge in [0.1, 0.15) is 11.5 Å². The molecular weight excluding hydrogens is 284 g/mol. The molecule has 0 spiro atoms. The summed E-state index contributed by atoms with van der Waals surface area (Å²) in [7, 11) is 1.46. The Kier molecular flexibility index (Phi) is 4.47. The number of ketones is 2. The van der Waals surface area contributed by atoms with Crippen LogP contribution in [0.3, 0.4) is 0 Å². The molecule has 2 N–H and O–H groups in total. The zero-order valence-corrected chi connectivity index (χ0v) is 12.7. The summed E-state index contributed by atoms with van der Waals surface area (Å²) < 4.78 is 5.31. The van der Waals surface area contributed by atoms with Crippen molar-refractivity contribution in [3.63, 3.8) is 0 Å². The third-order valence-corrected chi connectivity index (χ3v) is 3.56. The highest BCUT2D eigenvalue weighted by Crippen LogP contribution is 2.36. The van der Waals surface area contributed by atoms with Crippen LogP contribution in [0.5, 0.6) is 11.5 Å². The molecule has 116 valence electrons. The smallest absolute Gasteiger partial charge is 0.196 e. The fourth-order valence-corrected chi connectivity index (χ4v) is 2.42. The molecule has 1 aliphatic carbocycles. The Hall–Kier alpha value is -2.40. The Morgan fingerprint density at radius 2 is 1.77 bits per heavy atom. The van der Waals surface area contributed by atoms with E-state index < -0.39 is 17.7 Å². The van der Waals surface area contributed by atoms with Crippen LogP contribution in [0, 0.1) is 0 Å². The summed E-state index contributed by atoms with van der Waals surface area (Å²) >= 11 is 0. The van der Waals surface area contributed by atoms with Gasteiger partial charge in [0.25, 0.3) is 0 Å². The van der Waals surface area contributed by atoms with Crippen LogP contribution in [0.2, 0.25) is 0 Å². The lowest BCUT2D eigenvalue weighted by Gasteiger charge is -2.22. The second-order valence-corrected chi connectivity index (χ2v) is 5.39. The summed E-state index contributed by atoms with van der Waals surface area (Å²) in [6.07, 6.45) is 2.95. The van der Waals surface area contributed by atoms with Crippen LogP contribution in [0.15, 0.2) is 35.4 Å². The van der Waals surface area contributed by atoms with E-state index in [4.69, 9.17) is 4.74 Å². The van der Waals surface area contributed by atoms with E-state index in [2.05, 4.69) is 0 Å². The number of ether oxygens (including phenoxy) is 1. The van der Waals surface area contributed by atoms with E-state index in [-0.39, 0.29) is 28.2 Å². The minimum absolute atomic E-state index is 0.161. The molecule has 1 unspecified atom stereocenters. The minimum atomic E-state index is -0.582. The second kappa shape index (κ2) is 6.15. The van der Waals surface area contributed by atoms with Crippen LogP contribution in [0.25, 0.3) is 0 Å². The summed E-state index contributed by atoms with van der Waals surface area (Å²) in [4.78, 5) is 24.8. The van der Waals surface area contributed by atoms with E-state index in [0.717, 1.165) is 5.57 Å². The van der Waals surface area contributed by atoms with Gasteiger partial charge in [-0.2, -0.15) is 0 Å². The van der Waals surface area contributed by atoms with Gasteiger partial charge in [-0.1, -0.05) is 11.6 Å². The molecule has 0 saturated heterocycles. The molecule has 1 atom stereocenters. The van der Waals surface area contributed by atoms with Crippen LogP contribution >= 0.6 is 0 Å². The van der Waals surface area contributed by atoms with Crippen molar-refractivity contribution in [2.24, 2.45) is 0 Å². The first kappa shape index (κ1) is 16.0. The molecule has 0 aliphatic heterocycles. The number of aromatic hydroxyl groups is 2. The number of carbonyl (C=O) groups excluding carboxylic acids is 2. The van der Waals surface area contributed by atoms with Crippen molar-refractivity contribution in [2.45, 2.75) is 26.4 Å². The summed E-state index contributed by atoms with van der Waals surface area (Å²) in [6.45, 7) is 3.85. The Labute approximate surface area is 128 Å². The maximum absolute atomic E-state index is 12.6. The standard InChI is InChI=1S/C17H18O5/c1-9(2)4-7-14(22-3)10-8-13(20)15-11(18)5-6-12(19)16(15)17(10)21/h4-6,8,14,18-19H,7H2,1-3H3. The quantitative estimate of drug-likeness (QED) is 0.660. The fraction of sp³-hybridized carbons (Fsp3) is 0.294. The topological polar surface area (TPSA) is 83.8 Å². The van der Waals surface area contributed by atoms with E-state index in [1.54, 1.807) is 0 Å². The van der Waals surface area contributed by atoms with Crippen LogP contribution in [-0.2, 0) is 4.74 Å². The highest BCUT2D eigenvalue weighted by atomic mass is 16.5. The van der Waals surface area contributed by atoms with Crippen molar-refractivity contribution < 1.29 is 24.5 Å². The SMILES string of the molecule is COC(CC=C(C)C)C1=CC(=O)c2c(O)ccc(O)c2C1=O. The lowest BCUT2D eigenvalue weighted by atomic mass is 9.85. The van der Waals surface area contributed by atoms with E-state index in [1.165, 1.54) is 25.3 Å². The van der Waals surface area contributed by atoms with Crippen molar-refractivity contribution in [3.05, 3.63) is 46.6 Å². The summed E-state index contributed by atoms with van der Waals surface area (Å²) in [5.41, 5.74) is 0.920. The molecule has 0 amide bonds. The first-order valence-corrected chi connectivity index (χ1v) is 6.88. The van der Waals surface area contributed by atoms with E-state index in [0.29, 0.717) is 6.42 Å². The Balaban J connectivity index is 2.49. The number of fused-ring (bicyclic) bond motifs is 1. The summed E-state index contributed by atoms with van der Waals surface area (Å²) in [6, 6.07) is 2.38. The van der Waals surface area contributed by atoms with Crippen molar-refractivity contribution in [2.75, 3.05) is 7.11 Å². The molecule has 0 bridgehead atoms. The molecule has 2 rings (SSSR count). The normalized spacial score (nSPS) is 15.1. The number of hydrogen-bond acceptors (Lipinski definition) is 5. The lowest BCUT2D eigenvalue weighted by Crippen LogP contribution is -2.26. The molecule has 5 heteroatoms. The lowest BCUT2D eigenvalue weighted by molar-refractivity contribution is 0.0891. The number of benzene rings is 1. The number of carbonyl (C=O) groups is 2. The first-order valence-electron chi connectivity index (χ1n) is 6.88. The average molecular weight is 302 g/mol. The van der Waals surface area contributed by atoms with Gasteiger partial charge in [0, 0.05) is 12.7 Å². The van der Waals surface area contributed by atoms with Crippen LogP contribution in [-0.4, -0.2) is 35.0 Å². The molecule has 5 nitrogen and oxygen atoms in total. The van der Waals surface area contributed by atoms with Crippen molar-refractivity contribution in [1.29, 1.82) is 0 Å². The van der Waals surface area contributed by atoms with Gasteiger partial charge in [-0.05, 0) is 38.5 Å². The third kappa shape index (κ3) is 2.80. The molecule has 0 radical (unpaired) electrons. The zero-order valence-electron chi connectivity index (χ0n) is 12.7. The van der Waals surface area contributed by atoms with Crippen LogP contribution < -0.4 is 0 Å². The highest BCUT2D eigenvalue weighted by molar-refractivity contribution is 6.26. The fourth-order valence-electron chi connectivity index (χ4n) is 2.42. The predicted octanol–water partition coefficient (Wildman–Crippen LogP) is 2.77. The number of allylic oxidation sites excluding steroid dienone is 2. The number of rotatable bonds is 4. The summed E-state index contributed by atoms with van der Waals surface area (Å²) in [5, 5.41) is 19.7. The zero-order chi connectivity index (χ0) is 16.4. The third-order valence-electron chi connectivity index (χ3n) is 3.56. The number of hydrogen-bond donors (Lipinski definition) is 2. The van der Waals surface area contributed by atoms with Gasteiger partial charge in [0.15, 0.2) is 11.6 Å². The van der Waals surface area contributed by atoms with Crippen molar-refractivity contribution in [3.8, 4) is 11.5 Å². The van der Waals surface area contributed by atoms with E-state index in [9.17, 15) is 19.8 Å². The Morgan fingerprint density at radius 1 is 1.18 bits per heavy atom. The maximum atomic E-state index is 12.6. The summed E-state index contributed by atoms with van der Waals surface area (Å²) in [5.74, 6) is -1.66. The average Bonchev–Trinajstić information content (AvgIpc) is 2.46. The molecule has 1 aromatic carbocycles. The van der Waals surface area contributed by atoms with Gasteiger partial charge in [-0.3, -0.25) is 9.59 Å². The van der Waals surface area contributed by atoms with Crippen molar-refractivity contribution >= 4 is 11.6 Å². The van der Waals surface area contributed by atoms with Gasteiger partial charge in [0.05, 0.1) is 17.2 Å². The van der Waals surface area contributed by atoms with Gasteiger partial charge in [-0.15, -0.1) is 0 Å². The minimum Gasteiger partial charge on any atom is -0.507 e. The Morgan fingerprint density at radius 3 is 2.32 bits per heavy atom. The van der Waals surface area contributed by atoms with Gasteiger partial charge < -0.3 is 14.9 Å². The second-order valence-electron chi connectivity index (χ2n) is 5.39. The van der Waals surface area contributed by atoms with Gasteiger partial charge in [-0.25, -0.2) is 0 Å². The largest absolute Gasteiger partial charge is 0.507 e. The maximum Gasteiger partial charge on any atom is 0.196 e. The van der Waals surface area contributed by atoms with E-state index in [1.807, 2.05) is 19.9 Å². The predicted molar refractivity (Wildman–Crippen MR) is 81.4 cm³/mol. The highest BCUT2D eigenvalue weighted by Gasteiger charge is 2.34. The number of methoxy groups -OCH3 is 1. The van der Waals surface area contributed by atoms with E-state index >= 15 is 0 Å². The molecular formula is C17H18O5. The van der Waals surface area contributed by atoms with Gasteiger partial charge in [0.2, 0.25) is 0 Å².